The number of nitrogens with zero attached hydrogens (tertiary/aromatic N) is 3. The Morgan fingerprint density at radius 1 is 1.39 bits per heavy atom. The zero-order chi connectivity index (χ0) is 13.0. The number of amides is 1. The Labute approximate surface area is 112 Å². The van der Waals surface area contributed by atoms with Gasteiger partial charge in [-0.1, -0.05) is 29.3 Å². The van der Waals surface area contributed by atoms with Gasteiger partial charge < -0.3 is 0 Å². The summed E-state index contributed by atoms with van der Waals surface area (Å²) in [6, 6.07) is 5.06. The summed E-state index contributed by atoms with van der Waals surface area (Å²) in [6.45, 7) is 0. The van der Waals surface area contributed by atoms with Crippen molar-refractivity contribution in [1.82, 2.24) is 20.6 Å². The van der Waals surface area contributed by atoms with Crippen LogP contribution in [0.3, 0.4) is 0 Å². The van der Waals surface area contributed by atoms with Crippen LogP contribution in [0.25, 0.3) is 0 Å². The van der Waals surface area contributed by atoms with Crippen molar-refractivity contribution in [2.45, 2.75) is 0 Å². The molecule has 1 amide bonds. The van der Waals surface area contributed by atoms with Crippen molar-refractivity contribution in [3.63, 3.8) is 0 Å². The Hall–Kier alpha value is -1.92. The predicted octanol–water partition coefficient (Wildman–Crippen LogP) is 1.88. The van der Waals surface area contributed by atoms with Gasteiger partial charge in [0.25, 0.3) is 0 Å². The lowest BCUT2D eigenvalue weighted by molar-refractivity contribution is 0.0945. The van der Waals surface area contributed by atoms with Gasteiger partial charge in [-0.2, -0.15) is 10.2 Å². The smallest absolute Gasteiger partial charge is 0.264 e. The molecule has 18 heavy (non-hydrogen) atoms. The number of rotatable bonds is 3. The molecule has 2 aromatic rings. The number of halogens is 2. The second-order valence-electron chi connectivity index (χ2n) is 3.17. The van der Waals surface area contributed by atoms with E-state index in [1.807, 2.05) is 0 Å². The van der Waals surface area contributed by atoms with E-state index in [0.29, 0.717) is 15.6 Å². The van der Waals surface area contributed by atoms with E-state index in [1.54, 1.807) is 18.2 Å². The fraction of sp³-hybridized carbons (Fsp3) is 0. The second-order valence-corrected chi connectivity index (χ2v) is 3.98. The Morgan fingerprint density at radius 2 is 2.11 bits per heavy atom. The first-order valence-corrected chi connectivity index (χ1v) is 5.57. The first kappa shape index (κ1) is 12.5. The normalized spacial score (nSPS) is 10.8. The molecule has 6 nitrogen and oxygen atoms in total. The fourth-order valence-electron chi connectivity index (χ4n) is 1.16. The van der Waals surface area contributed by atoms with Crippen molar-refractivity contribution >= 4 is 35.3 Å². The largest absolute Gasteiger partial charge is 0.308 e. The highest BCUT2D eigenvalue weighted by Crippen LogP contribution is 2.21. The molecule has 0 saturated heterocycles. The van der Waals surface area contributed by atoms with Crippen LogP contribution in [-0.2, 0) is 0 Å². The Kier molecular flexibility index (Phi) is 3.91. The average molecular weight is 284 g/mol. The monoisotopic (exact) mass is 283 g/mol. The lowest BCUT2D eigenvalue weighted by Gasteiger charge is -2.00. The summed E-state index contributed by atoms with van der Waals surface area (Å²) in [5.41, 5.74) is 2.79. The summed E-state index contributed by atoms with van der Waals surface area (Å²) in [5.74, 6) is -0.440. The van der Waals surface area contributed by atoms with E-state index in [-0.39, 0.29) is 5.82 Å². The van der Waals surface area contributed by atoms with Crippen molar-refractivity contribution in [3.05, 3.63) is 46.0 Å². The number of carbonyl (C=O) groups excluding carboxylic acids is 1. The number of aromatic nitrogens is 3. The number of aromatic amines is 1. The van der Waals surface area contributed by atoms with Gasteiger partial charge in [-0.25, -0.2) is 10.4 Å². The molecular weight excluding hydrogens is 277 g/mol. The number of nitrogens with one attached hydrogen (secondary N) is 2. The molecule has 0 aliphatic heterocycles. The van der Waals surface area contributed by atoms with Crippen LogP contribution in [-0.4, -0.2) is 27.3 Å². The first-order valence-electron chi connectivity index (χ1n) is 4.81. The van der Waals surface area contributed by atoms with Gasteiger partial charge in [0.1, 0.15) is 6.33 Å². The predicted molar refractivity (Wildman–Crippen MR) is 67.9 cm³/mol. The molecule has 0 unspecified atom stereocenters. The molecule has 2 N–H and O–H groups in total. The molecule has 0 saturated carbocycles. The van der Waals surface area contributed by atoms with Crippen LogP contribution in [0.5, 0.6) is 0 Å². The summed E-state index contributed by atoms with van der Waals surface area (Å²) >= 11 is 11.9. The third-order valence-corrected chi connectivity index (χ3v) is 2.65. The molecule has 92 valence electrons. The summed E-state index contributed by atoms with van der Waals surface area (Å²) in [6.07, 6.45) is 2.59. The summed E-state index contributed by atoms with van der Waals surface area (Å²) < 4.78 is 0. The van der Waals surface area contributed by atoms with Crippen LogP contribution in [0, 0.1) is 0 Å². The SMILES string of the molecule is O=C(N/N=C\c1c(Cl)cccc1Cl)c1ncn[nH]1. The molecule has 1 aromatic heterocycles. The number of H-pyrrole nitrogens is 1. The number of hydrogen-bond donors (Lipinski definition) is 2. The van der Waals surface area contributed by atoms with Gasteiger partial charge in [-0.15, -0.1) is 0 Å². The third-order valence-electron chi connectivity index (χ3n) is 1.99. The lowest BCUT2D eigenvalue weighted by Crippen LogP contribution is -2.19. The van der Waals surface area contributed by atoms with Crippen molar-refractivity contribution < 1.29 is 4.79 Å². The van der Waals surface area contributed by atoms with Crippen molar-refractivity contribution in [2.24, 2.45) is 5.10 Å². The zero-order valence-corrected chi connectivity index (χ0v) is 10.4. The van der Waals surface area contributed by atoms with Crippen molar-refractivity contribution in [1.29, 1.82) is 0 Å². The molecule has 0 bridgehead atoms. The molecule has 2 rings (SSSR count). The molecule has 1 heterocycles. The van der Waals surface area contributed by atoms with E-state index in [2.05, 4.69) is 25.7 Å². The Balaban J connectivity index is 2.06. The number of hydrazone groups is 1. The van der Waals surface area contributed by atoms with Crippen LogP contribution in [0.15, 0.2) is 29.6 Å². The number of carbonyl (C=O) groups is 1. The van der Waals surface area contributed by atoms with Crippen LogP contribution in [0.2, 0.25) is 10.0 Å². The standard InChI is InChI=1S/C10H7Cl2N5O/c11-7-2-1-3-8(12)6(7)4-14-17-10(18)9-13-5-15-16-9/h1-5H,(H,17,18)(H,13,15,16)/b14-4-. The average Bonchev–Trinajstić information content (AvgIpc) is 2.86. The Morgan fingerprint density at radius 3 is 2.72 bits per heavy atom. The quantitative estimate of drug-likeness (QED) is 0.666. The molecule has 1 aromatic carbocycles. The van der Waals surface area contributed by atoms with Gasteiger partial charge in [0, 0.05) is 5.56 Å². The van der Waals surface area contributed by atoms with Crippen LogP contribution < -0.4 is 5.43 Å². The van der Waals surface area contributed by atoms with E-state index in [1.165, 1.54) is 12.5 Å². The summed E-state index contributed by atoms with van der Waals surface area (Å²) in [7, 11) is 0. The minimum absolute atomic E-state index is 0.0670. The van der Waals surface area contributed by atoms with Crippen molar-refractivity contribution in [2.75, 3.05) is 0 Å². The van der Waals surface area contributed by atoms with Crippen LogP contribution in [0.1, 0.15) is 16.2 Å². The van der Waals surface area contributed by atoms with E-state index < -0.39 is 5.91 Å². The minimum atomic E-state index is -0.507. The van der Waals surface area contributed by atoms with Gasteiger partial charge >= 0.3 is 5.91 Å². The molecule has 0 fully saturated rings. The second kappa shape index (κ2) is 5.61. The molecule has 0 aliphatic carbocycles. The fourth-order valence-corrected chi connectivity index (χ4v) is 1.65. The lowest BCUT2D eigenvalue weighted by atomic mass is 10.2. The Bertz CT molecular complexity index is 562. The molecular formula is C10H7Cl2N5O. The van der Waals surface area contributed by atoms with E-state index in [4.69, 9.17) is 23.2 Å². The van der Waals surface area contributed by atoms with Crippen LogP contribution >= 0.6 is 23.2 Å². The van der Waals surface area contributed by atoms with E-state index >= 15 is 0 Å². The van der Waals surface area contributed by atoms with Gasteiger partial charge in [0.05, 0.1) is 16.3 Å². The van der Waals surface area contributed by atoms with Gasteiger partial charge in [0.2, 0.25) is 5.82 Å². The number of hydrogen-bond acceptors (Lipinski definition) is 4. The van der Waals surface area contributed by atoms with E-state index in [9.17, 15) is 4.79 Å². The maximum absolute atomic E-state index is 11.4. The molecule has 0 aliphatic rings. The van der Waals surface area contributed by atoms with Gasteiger partial charge in [0.15, 0.2) is 0 Å². The first-order chi connectivity index (χ1) is 8.68. The zero-order valence-electron chi connectivity index (χ0n) is 8.89. The molecule has 0 radical (unpaired) electrons. The highest BCUT2D eigenvalue weighted by Gasteiger charge is 2.07. The van der Waals surface area contributed by atoms with E-state index in [0.717, 1.165) is 0 Å². The molecule has 0 atom stereocenters. The molecule has 8 heteroatoms. The summed E-state index contributed by atoms with van der Waals surface area (Å²) in [5, 5.41) is 10.6. The van der Waals surface area contributed by atoms with Gasteiger partial charge in [-0.05, 0) is 12.1 Å². The highest BCUT2D eigenvalue weighted by atomic mass is 35.5. The maximum atomic E-state index is 11.4. The van der Waals surface area contributed by atoms with Crippen LogP contribution in [0.4, 0.5) is 0 Å². The number of benzene rings is 1. The molecule has 0 spiro atoms. The van der Waals surface area contributed by atoms with Gasteiger partial charge in [-0.3, -0.25) is 9.89 Å². The topological polar surface area (TPSA) is 83.0 Å². The third kappa shape index (κ3) is 2.85. The maximum Gasteiger partial charge on any atom is 0.308 e. The van der Waals surface area contributed by atoms with Crippen molar-refractivity contribution in [3.8, 4) is 0 Å². The highest BCUT2D eigenvalue weighted by molar-refractivity contribution is 6.38. The summed E-state index contributed by atoms with van der Waals surface area (Å²) in [4.78, 5) is 15.1. The minimum Gasteiger partial charge on any atom is -0.264 e.